The van der Waals surface area contributed by atoms with Gasteiger partial charge in [0.15, 0.2) is 0 Å². The van der Waals surface area contributed by atoms with Crippen LogP contribution in [0.1, 0.15) is 12.5 Å². The second kappa shape index (κ2) is 2.43. The monoisotopic (exact) mass is 194 g/mol. The van der Waals surface area contributed by atoms with Gasteiger partial charge in [0, 0.05) is 8.58 Å². The van der Waals surface area contributed by atoms with E-state index in [-0.39, 0.29) is 4.47 Å². The van der Waals surface area contributed by atoms with Crippen molar-refractivity contribution >= 4 is 15.9 Å². The van der Waals surface area contributed by atoms with Gasteiger partial charge < -0.3 is 0 Å². The number of pyridine rings is 1. The highest BCUT2D eigenvalue weighted by Crippen LogP contribution is 2.13. The third kappa shape index (κ3) is 1.48. The van der Waals surface area contributed by atoms with Crippen molar-refractivity contribution < 1.29 is 11.2 Å². The topological polar surface area (TPSA) is 12.9 Å². The summed E-state index contributed by atoms with van der Waals surface area (Å²) in [4.78, 5) is 3.27. The maximum Gasteiger partial charge on any atom is 0.142 e. The summed E-state index contributed by atoms with van der Waals surface area (Å²) in [6.45, 7) is -2.56. The van der Waals surface area contributed by atoms with Gasteiger partial charge in [0.25, 0.3) is 0 Å². The third-order valence-electron chi connectivity index (χ3n) is 0.693. The van der Waals surface area contributed by atoms with E-state index in [0.717, 1.165) is 0 Å². The Morgan fingerprint density at radius 3 is 3.44 bits per heavy atom. The zero-order chi connectivity index (χ0) is 11.1. The fraction of sp³-hybridized carbons (Fsp3) is 0.167. The first-order valence-corrected chi connectivity index (χ1v) is 2.87. The Hall–Kier alpha value is -0.440. The first-order valence-electron chi connectivity index (χ1n) is 4.58. The lowest BCUT2D eigenvalue weighted by molar-refractivity contribution is 0.619. The van der Waals surface area contributed by atoms with Gasteiger partial charge in [0.1, 0.15) is 5.82 Å². The first kappa shape index (κ1) is 2.66. The zero-order valence-corrected chi connectivity index (χ0v) is 5.79. The van der Waals surface area contributed by atoms with E-state index in [1.165, 1.54) is 0 Å². The molecular formula is C6H5BrFN. The molecule has 0 atom stereocenters. The Morgan fingerprint density at radius 1 is 2.00 bits per heavy atom. The maximum absolute atomic E-state index is 12.9. The van der Waals surface area contributed by atoms with Crippen LogP contribution >= 0.6 is 15.9 Å². The molecule has 0 unspecified atom stereocenters. The van der Waals surface area contributed by atoms with E-state index < -0.39 is 30.6 Å². The molecule has 1 aromatic heterocycles. The number of hydrogen-bond donors (Lipinski definition) is 0. The zero-order valence-electron chi connectivity index (χ0n) is 9.20. The molecule has 1 aromatic rings. The molecule has 0 aliphatic heterocycles. The molecule has 1 rings (SSSR count). The van der Waals surface area contributed by atoms with Crippen LogP contribution in [0.2, 0.25) is 0 Å². The molecule has 0 aliphatic carbocycles. The maximum atomic E-state index is 12.9. The molecule has 0 saturated heterocycles. The summed E-state index contributed by atoms with van der Waals surface area (Å²) in [5.74, 6) is -1.13. The molecule has 3 heteroatoms. The minimum Gasteiger partial charge on any atom is -0.257 e. The van der Waals surface area contributed by atoms with Gasteiger partial charge in [-0.25, -0.2) is 4.39 Å². The van der Waals surface area contributed by atoms with Crippen LogP contribution in [0.4, 0.5) is 4.39 Å². The molecule has 0 aliphatic rings. The van der Waals surface area contributed by atoms with Crippen molar-refractivity contribution in [3.63, 3.8) is 0 Å². The summed E-state index contributed by atoms with van der Waals surface area (Å²) in [6, 6.07) is -0.656. The van der Waals surface area contributed by atoms with Crippen LogP contribution in [0.5, 0.6) is 0 Å². The first-order chi connectivity index (χ1) is 6.25. The summed E-state index contributed by atoms with van der Waals surface area (Å²) >= 11 is 2.77. The molecule has 0 spiro atoms. The second-order valence-corrected chi connectivity index (χ2v) is 2.12. The largest absolute Gasteiger partial charge is 0.257 e. The average molecular weight is 195 g/mol. The molecule has 0 bridgehead atoms. The van der Waals surface area contributed by atoms with Crippen LogP contribution in [0, 0.1) is 12.7 Å². The van der Waals surface area contributed by atoms with Gasteiger partial charge in [-0.1, -0.05) is 0 Å². The van der Waals surface area contributed by atoms with Gasteiger partial charge in [-0.3, -0.25) is 4.98 Å². The number of rotatable bonds is 0. The molecule has 0 aromatic carbocycles. The predicted octanol–water partition coefficient (Wildman–Crippen LogP) is 2.29. The molecule has 0 radical (unpaired) electrons. The molecule has 0 saturated carbocycles. The summed E-state index contributed by atoms with van der Waals surface area (Å²) in [5.41, 5.74) is -0.464. The molecule has 0 fully saturated rings. The van der Waals surface area contributed by atoms with Gasteiger partial charge in [-0.2, -0.15) is 0 Å². The fourth-order valence-corrected chi connectivity index (χ4v) is 0.600. The van der Waals surface area contributed by atoms with E-state index in [1.807, 2.05) is 0 Å². The average Bonchev–Trinajstić information content (AvgIpc) is 2.06. The Kier molecular flexibility index (Phi) is 0.720. The third-order valence-corrected chi connectivity index (χ3v) is 1.27. The van der Waals surface area contributed by atoms with Gasteiger partial charge >= 0.3 is 0 Å². The normalized spacial score (nSPS) is 19.1. The molecule has 9 heavy (non-hydrogen) atoms. The lowest BCUT2D eigenvalue weighted by Gasteiger charge is -1.93. The van der Waals surface area contributed by atoms with Crippen LogP contribution < -0.4 is 0 Å². The number of hydrogen-bond acceptors (Lipinski definition) is 1. The van der Waals surface area contributed by atoms with Crippen LogP contribution in [0.15, 0.2) is 16.7 Å². The van der Waals surface area contributed by atoms with E-state index in [2.05, 4.69) is 20.9 Å². The van der Waals surface area contributed by atoms with Gasteiger partial charge in [-0.15, -0.1) is 0 Å². The highest BCUT2D eigenvalue weighted by atomic mass is 79.9. The molecule has 1 nitrogen and oxygen atoms in total. The second-order valence-electron chi connectivity index (χ2n) is 1.33. The smallest absolute Gasteiger partial charge is 0.142 e. The Bertz CT molecular complexity index is 377. The summed E-state index contributed by atoms with van der Waals surface area (Å²) in [5, 5.41) is 0. The number of aromatic nitrogens is 1. The molecular weight excluding hydrogens is 185 g/mol. The van der Waals surface area contributed by atoms with Crippen LogP contribution in [0.25, 0.3) is 0 Å². The van der Waals surface area contributed by atoms with Crippen molar-refractivity contribution in [3.8, 4) is 0 Å². The highest BCUT2D eigenvalue weighted by Gasteiger charge is 1.95. The van der Waals surface area contributed by atoms with E-state index in [9.17, 15) is 4.39 Å². The highest BCUT2D eigenvalue weighted by molar-refractivity contribution is 9.10. The van der Waals surface area contributed by atoms with Crippen LogP contribution in [-0.4, -0.2) is 4.98 Å². The number of aryl methyl sites for hydroxylation is 1. The summed E-state index contributed by atoms with van der Waals surface area (Å²) in [7, 11) is 0. The van der Waals surface area contributed by atoms with E-state index in [1.54, 1.807) is 0 Å². The number of nitrogens with zero attached hydrogens (tertiary/aromatic N) is 1. The van der Waals surface area contributed by atoms with Crippen molar-refractivity contribution in [1.82, 2.24) is 4.98 Å². The van der Waals surface area contributed by atoms with Crippen molar-refractivity contribution in [2.24, 2.45) is 0 Å². The van der Waals surface area contributed by atoms with Gasteiger partial charge in [0.05, 0.1) is 14.6 Å². The predicted molar refractivity (Wildman–Crippen MR) is 36.6 cm³/mol. The van der Waals surface area contributed by atoms with Gasteiger partial charge in [0.2, 0.25) is 0 Å². The Morgan fingerprint density at radius 2 is 2.78 bits per heavy atom. The summed E-state index contributed by atoms with van der Waals surface area (Å²) in [6.07, 6.45) is -0.829. The Labute approximate surface area is 68.1 Å². The van der Waals surface area contributed by atoms with Crippen LogP contribution in [0.3, 0.4) is 0 Å². The quantitative estimate of drug-likeness (QED) is 0.618. The van der Waals surface area contributed by atoms with Crippen molar-refractivity contribution in [2.45, 2.75) is 6.85 Å². The SMILES string of the molecule is [2H]c1nc(C([2H])([2H])[2H])c(Br)c([2H])c1F. The van der Waals surface area contributed by atoms with E-state index in [4.69, 9.17) is 6.85 Å². The van der Waals surface area contributed by atoms with Crippen molar-refractivity contribution in [3.05, 3.63) is 28.2 Å². The van der Waals surface area contributed by atoms with Gasteiger partial charge in [-0.05, 0) is 28.8 Å². The van der Waals surface area contributed by atoms with E-state index >= 15 is 0 Å². The standard InChI is InChI=1S/C6H5BrFN/c1-4-6(7)2-5(8)3-9-4/h2-3H,1H3/i1D3,2D,3D. The van der Waals surface area contributed by atoms with Crippen molar-refractivity contribution in [2.75, 3.05) is 0 Å². The van der Waals surface area contributed by atoms with Crippen LogP contribution in [-0.2, 0) is 0 Å². The summed E-state index contributed by atoms with van der Waals surface area (Å²) < 4.78 is 47.9. The lowest BCUT2D eigenvalue weighted by atomic mass is 10.4. The molecule has 0 amide bonds. The van der Waals surface area contributed by atoms with E-state index in [0.29, 0.717) is 0 Å². The Balaban J connectivity index is 3.49. The lowest BCUT2D eigenvalue weighted by Crippen LogP contribution is -1.83. The molecule has 48 valence electrons. The van der Waals surface area contributed by atoms with Crippen molar-refractivity contribution in [1.29, 1.82) is 0 Å². The minimum absolute atomic E-state index is 0.231. The fourth-order valence-electron chi connectivity index (χ4n) is 0.338. The molecule has 1 heterocycles. The minimum atomic E-state index is -2.56. The molecule has 0 N–H and O–H groups in total. The number of halogens is 2.